The van der Waals surface area contributed by atoms with Gasteiger partial charge in [0.05, 0.1) is 12.9 Å². The molecular formula is C16H14O3S. The van der Waals surface area contributed by atoms with Crippen LogP contribution in [0.4, 0.5) is 0 Å². The highest BCUT2D eigenvalue weighted by Gasteiger charge is 2.04. The lowest BCUT2D eigenvalue weighted by atomic mass is 10.0. The molecule has 0 aromatic heterocycles. The molecule has 0 fully saturated rings. The normalized spacial score (nSPS) is 12.1. The monoisotopic (exact) mass is 286 g/mol. The second-order valence-corrected chi connectivity index (χ2v) is 6.49. The molecule has 0 N–H and O–H groups in total. The predicted molar refractivity (Wildman–Crippen MR) is 81.1 cm³/mol. The van der Waals surface area contributed by atoms with E-state index in [4.69, 9.17) is 4.18 Å². The smallest absolute Gasteiger partial charge is 0.264 e. The maximum Gasteiger partial charge on any atom is 0.264 e. The van der Waals surface area contributed by atoms with Crippen LogP contribution in [0.2, 0.25) is 0 Å². The van der Waals surface area contributed by atoms with E-state index < -0.39 is 10.1 Å². The average molecular weight is 286 g/mol. The maximum absolute atomic E-state index is 11.0. The Labute approximate surface area is 117 Å². The summed E-state index contributed by atoms with van der Waals surface area (Å²) in [5, 5.41) is 4.58. The van der Waals surface area contributed by atoms with Crippen LogP contribution in [0.25, 0.3) is 21.5 Å². The zero-order valence-electron chi connectivity index (χ0n) is 11.0. The van der Waals surface area contributed by atoms with Gasteiger partial charge in [-0.2, -0.15) is 8.42 Å². The molecule has 3 rings (SSSR count). The second kappa shape index (κ2) is 4.89. The highest BCUT2D eigenvalue weighted by Crippen LogP contribution is 2.24. The molecule has 0 bridgehead atoms. The summed E-state index contributed by atoms with van der Waals surface area (Å²) in [7, 11) is -3.41. The molecule has 20 heavy (non-hydrogen) atoms. The van der Waals surface area contributed by atoms with Gasteiger partial charge in [-0.05, 0) is 45.3 Å². The van der Waals surface area contributed by atoms with Crippen molar-refractivity contribution in [3.05, 3.63) is 60.2 Å². The highest BCUT2D eigenvalue weighted by atomic mass is 32.2. The topological polar surface area (TPSA) is 43.4 Å². The number of hydrogen-bond donors (Lipinski definition) is 0. The minimum atomic E-state index is -3.41. The largest absolute Gasteiger partial charge is 0.265 e. The quantitative estimate of drug-likeness (QED) is 0.547. The highest BCUT2D eigenvalue weighted by molar-refractivity contribution is 7.85. The summed E-state index contributed by atoms with van der Waals surface area (Å²) in [4.78, 5) is 0. The van der Waals surface area contributed by atoms with E-state index in [1.165, 1.54) is 10.8 Å². The third-order valence-electron chi connectivity index (χ3n) is 3.21. The third-order valence-corrected chi connectivity index (χ3v) is 3.75. The van der Waals surface area contributed by atoms with Crippen LogP contribution in [0.1, 0.15) is 5.56 Å². The van der Waals surface area contributed by atoms with Gasteiger partial charge in [0.2, 0.25) is 0 Å². The number of benzene rings is 3. The first-order chi connectivity index (χ1) is 9.51. The SMILES string of the molecule is CS(=O)(=O)OCc1ccc2cc3ccccc3cc2c1. The molecule has 3 aromatic rings. The van der Waals surface area contributed by atoms with E-state index in [-0.39, 0.29) is 6.61 Å². The van der Waals surface area contributed by atoms with Gasteiger partial charge in [-0.15, -0.1) is 0 Å². The van der Waals surface area contributed by atoms with Crippen LogP contribution in [-0.4, -0.2) is 14.7 Å². The van der Waals surface area contributed by atoms with Crippen LogP contribution in [0.15, 0.2) is 54.6 Å². The molecule has 0 saturated carbocycles. The van der Waals surface area contributed by atoms with Gasteiger partial charge in [0.1, 0.15) is 0 Å². The van der Waals surface area contributed by atoms with Gasteiger partial charge in [0.15, 0.2) is 0 Å². The fourth-order valence-electron chi connectivity index (χ4n) is 2.25. The molecule has 0 aliphatic carbocycles. The Morgan fingerprint density at radius 3 is 2.10 bits per heavy atom. The maximum atomic E-state index is 11.0. The average Bonchev–Trinajstić information content (AvgIpc) is 2.42. The van der Waals surface area contributed by atoms with Crippen molar-refractivity contribution in [2.75, 3.05) is 6.26 Å². The van der Waals surface area contributed by atoms with Gasteiger partial charge >= 0.3 is 0 Å². The number of fused-ring (bicyclic) bond motifs is 2. The van der Waals surface area contributed by atoms with Crippen LogP contribution in [-0.2, 0) is 20.9 Å². The lowest BCUT2D eigenvalue weighted by molar-refractivity contribution is 0.312. The zero-order valence-corrected chi connectivity index (χ0v) is 11.9. The van der Waals surface area contributed by atoms with Crippen molar-refractivity contribution in [3.8, 4) is 0 Å². The van der Waals surface area contributed by atoms with Gasteiger partial charge < -0.3 is 0 Å². The molecule has 3 aromatic carbocycles. The van der Waals surface area contributed by atoms with E-state index in [2.05, 4.69) is 24.3 Å². The molecule has 102 valence electrons. The summed E-state index contributed by atoms with van der Waals surface area (Å²) in [6.07, 6.45) is 1.06. The van der Waals surface area contributed by atoms with Crippen LogP contribution < -0.4 is 0 Å². The van der Waals surface area contributed by atoms with E-state index in [0.717, 1.165) is 22.6 Å². The zero-order chi connectivity index (χ0) is 14.2. The molecule has 0 saturated heterocycles. The molecule has 0 spiro atoms. The molecule has 0 atom stereocenters. The van der Waals surface area contributed by atoms with Gasteiger partial charge in [-0.1, -0.05) is 36.4 Å². The molecule has 0 aliphatic rings. The fraction of sp³-hybridized carbons (Fsp3) is 0.125. The molecular weight excluding hydrogens is 272 g/mol. The Morgan fingerprint density at radius 1 is 0.850 bits per heavy atom. The minimum Gasteiger partial charge on any atom is -0.265 e. The van der Waals surface area contributed by atoms with E-state index in [9.17, 15) is 8.42 Å². The Kier molecular flexibility index (Phi) is 3.20. The molecule has 0 aliphatic heterocycles. The van der Waals surface area contributed by atoms with Crippen molar-refractivity contribution in [1.29, 1.82) is 0 Å². The van der Waals surface area contributed by atoms with Gasteiger partial charge in [-0.25, -0.2) is 0 Å². The first-order valence-corrected chi connectivity index (χ1v) is 8.09. The van der Waals surface area contributed by atoms with E-state index in [1.807, 2.05) is 30.3 Å². The standard InChI is InChI=1S/C16H14O3S/c1-20(17,18)19-11-12-6-7-15-9-13-4-2-3-5-14(13)10-16(15)8-12/h2-10H,11H2,1H3. The Balaban J connectivity index is 2.04. The number of rotatable bonds is 3. The summed E-state index contributed by atoms with van der Waals surface area (Å²) >= 11 is 0. The Morgan fingerprint density at radius 2 is 1.45 bits per heavy atom. The summed E-state index contributed by atoms with van der Waals surface area (Å²) in [6.45, 7) is 0.0710. The fourth-order valence-corrected chi connectivity index (χ4v) is 2.60. The van der Waals surface area contributed by atoms with Gasteiger partial charge in [0.25, 0.3) is 10.1 Å². The minimum absolute atomic E-state index is 0.0710. The predicted octanol–water partition coefficient (Wildman–Crippen LogP) is 3.47. The summed E-state index contributed by atoms with van der Waals surface area (Å²) in [5.74, 6) is 0. The van der Waals surface area contributed by atoms with Crippen molar-refractivity contribution in [1.82, 2.24) is 0 Å². The summed E-state index contributed by atoms with van der Waals surface area (Å²) in [6, 6.07) is 18.2. The van der Waals surface area contributed by atoms with Crippen molar-refractivity contribution < 1.29 is 12.6 Å². The Hall–Kier alpha value is -1.91. The molecule has 3 nitrogen and oxygen atoms in total. The van der Waals surface area contributed by atoms with Crippen LogP contribution in [0.3, 0.4) is 0 Å². The second-order valence-electron chi connectivity index (χ2n) is 4.85. The van der Waals surface area contributed by atoms with Crippen molar-refractivity contribution in [2.24, 2.45) is 0 Å². The molecule has 0 unspecified atom stereocenters. The van der Waals surface area contributed by atoms with Gasteiger partial charge in [0, 0.05) is 0 Å². The van der Waals surface area contributed by atoms with Crippen LogP contribution >= 0.6 is 0 Å². The van der Waals surface area contributed by atoms with Crippen LogP contribution in [0.5, 0.6) is 0 Å². The van der Waals surface area contributed by atoms with Crippen LogP contribution in [0, 0.1) is 0 Å². The molecule has 0 amide bonds. The lowest BCUT2D eigenvalue weighted by Crippen LogP contribution is -2.02. The first kappa shape index (κ1) is 13.1. The third kappa shape index (κ3) is 2.81. The molecule has 0 radical (unpaired) electrons. The van der Waals surface area contributed by atoms with Gasteiger partial charge in [-0.3, -0.25) is 4.18 Å². The molecule has 0 heterocycles. The number of hydrogen-bond acceptors (Lipinski definition) is 3. The van der Waals surface area contributed by atoms with Crippen molar-refractivity contribution in [3.63, 3.8) is 0 Å². The van der Waals surface area contributed by atoms with E-state index >= 15 is 0 Å². The van der Waals surface area contributed by atoms with E-state index in [1.54, 1.807) is 0 Å². The molecule has 4 heteroatoms. The lowest BCUT2D eigenvalue weighted by Gasteiger charge is -2.06. The summed E-state index contributed by atoms with van der Waals surface area (Å²) in [5.41, 5.74) is 0.846. The first-order valence-electron chi connectivity index (χ1n) is 6.27. The van der Waals surface area contributed by atoms with Crippen molar-refractivity contribution in [2.45, 2.75) is 6.61 Å². The van der Waals surface area contributed by atoms with Crippen molar-refractivity contribution >= 4 is 31.7 Å². The van der Waals surface area contributed by atoms with E-state index in [0.29, 0.717) is 0 Å². The summed E-state index contributed by atoms with van der Waals surface area (Å²) < 4.78 is 26.9. The Bertz CT molecular complexity index is 883.